The standard InChI is InChI=1S/C16H9ClN2O2/c17-8-5-6-9-12(7-8)19-16(21)13(9)14-15(20)10-3-1-2-4-11(10)18-14/h1-7,19,21H. The number of nitrogens with zero attached hydrogens (tertiary/aromatic N) is 1. The van der Waals surface area contributed by atoms with Crippen LogP contribution in [0.15, 0.2) is 47.5 Å². The van der Waals surface area contributed by atoms with E-state index < -0.39 is 0 Å². The third-order valence-corrected chi connectivity index (χ3v) is 3.81. The van der Waals surface area contributed by atoms with Gasteiger partial charge in [0.15, 0.2) is 5.88 Å². The second kappa shape index (κ2) is 4.20. The largest absolute Gasteiger partial charge is 0.494 e. The molecule has 102 valence electrons. The van der Waals surface area contributed by atoms with Crippen molar-refractivity contribution in [3.05, 3.63) is 58.6 Å². The van der Waals surface area contributed by atoms with Gasteiger partial charge in [-0.25, -0.2) is 4.99 Å². The number of hydrogen-bond donors (Lipinski definition) is 2. The third-order valence-electron chi connectivity index (χ3n) is 3.57. The van der Waals surface area contributed by atoms with Crippen LogP contribution in [0.2, 0.25) is 5.02 Å². The van der Waals surface area contributed by atoms with Gasteiger partial charge in [-0.05, 0) is 24.3 Å². The Morgan fingerprint density at radius 3 is 2.76 bits per heavy atom. The molecular weight excluding hydrogens is 288 g/mol. The van der Waals surface area contributed by atoms with E-state index in [4.69, 9.17) is 11.6 Å². The highest BCUT2D eigenvalue weighted by atomic mass is 35.5. The molecule has 0 saturated heterocycles. The molecule has 1 aliphatic rings. The van der Waals surface area contributed by atoms with Crippen LogP contribution >= 0.6 is 11.6 Å². The van der Waals surface area contributed by atoms with Crippen LogP contribution in [0, 0.1) is 0 Å². The topological polar surface area (TPSA) is 65.4 Å². The molecule has 4 rings (SSSR count). The minimum Gasteiger partial charge on any atom is -0.494 e. The summed E-state index contributed by atoms with van der Waals surface area (Å²) in [5, 5.41) is 11.4. The number of fused-ring (bicyclic) bond motifs is 2. The average Bonchev–Trinajstić information content (AvgIpc) is 2.95. The van der Waals surface area contributed by atoms with Gasteiger partial charge in [0.25, 0.3) is 0 Å². The van der Waals surface area contributed by atoms with Crippen molar-refractivity contribution in [3.8, 4) is 5.88 Å². The predicted octanol–water partition coefficient (Wildman–Crippen LogP) is 3.84. The summed E-state index contributed by atoms with van der Waals surface area (Å²) in [5.74, 6) is -0.260. The zero-order valence-corrected chi connectivity index (χ0v) is 11.5. The molecule has 0 bridgehead atoms. The number of ketones is 1. The monoisotopic (exact) mass is 296 g/mol. The highest BCUT2D eigenvalue weighted by Crippen LogP contribution is 2.35. The molecule has 0 spiro atoms. The summed E-state index contributed by atoms with van der Waals surface area (Å²) in [4.78, 5) is 19.7. The predicted molar refractivity (Wildman–Crippen MR) is 81.9 cm³/mol. The van der Waals surface area contributed by atoms with E-state index in [0.29, 0.717) is 27.4 Å². The molecular formula is C16H9ClN2O2. The van der Waals surface area contributed by atoms with Crippen LogP contribution in [-0.2, 0) is 0 Å². The number of H-pyrrole nitrogens is 1. The smallest absolute Gasteiger partial charge is 0.214 e. The molecule has 5 heteroatoms. The molecule has 2 heterocycles. The first-order valence-electron chi connectivity index (χ1n) is 6.38. The number of aromatic nitrogens is 1. The molecule has 21 heavy (non-hydrogen) atoms. The normalized spacial score (nSPS) is 13.6. The number of halogens is 1. The summed E-state index contributed by atoms with van der Waals surface area (Å²) in [6, 6.07) is 12.3. The van der Waals surface area contributed by atoms with Crippen LogP contribution in [0.4, 0.5) is 5.69 Å². The SMILES string of the molecule is O=C1C(c2c(O)[nH]c3cc(Cl)ccc23)=Nc2ccccc21. The Bertz CT molecular complexity index is 941. The average molecular weight is 297 g/mol. The molecule has 0 aliphatic carbocycles. The minimum atomic E-state index is -0.184. The molecule has 4 nitrogen and oxygen atoms in total. The van der Waals surface area contributed by atoms with Crippen LogP contribution in [0.5, 0.6) is 5.88 Å². The van der Waals surface area contributed by atoms with Crippen LogP contribution in [0.3, 0.4) is 0 Å². The van der Waals surface area contributed by atoms with Gasteiger partial charge in [0.2, 0.25) is 5.78 Å². The summed E-state index contributed by atoms with van der Waals surface area (Å²) in [6.07, 6.45) is 0. The van der Waals surface area contributed by atoms with Crippen molar-refractivity contribution in [1.29, 1.82) is 0 Å². The zero-order valence-electron chi connectivity index (χ0n) is 10.7. The summed E-state index contributed by atoms with van der Waals surface area (Å²) < 4.78 is 0. The summed E-state index contributed by atoms with van der Waals surface area (Å²) in [5.41, 5.74) is 2.52. The van der Waals surface area contributed by atoms with Crippen molar-refractivity contribution >= 4 is 39.7 Å². The minimum absolute atomic E-state index is 0.0767. The van der Waals surface area contributed by atoms with Crippen LogP contribution in [0.1, 0.15) is 15.9 Å². The second-order valence-corrected chi connectivity index (χ2v) is 5.28. The lowest BCUT2D eigenvalue weighted by atomic mass is 10.0. The van der Waals surface area contributed by atoms with Crippen LogP contribution in [0.25, 0.3) is 10.9 Å². The number of benzene rings is 2. The maximum absolute atomic E-state index is 12.5. The summed E-state index contributed by atoms with van der Waals surface area (Å²) in [6.45, 7) is 0. The maximum atomic E-state index is 12.5. The van der Waals surface area contributed by atoms with Gasteiger partial charge in [0.05, 0.1) is 16.8 Å². The van der Waals surface area contributed by atoms with Crippen molar-refractivity contribution in [2.75, 3.05) is 0 Å². The van der Waals surface area contributed by atoms with Gasteiger partial charge in [0.1, 0.15) is 5.71 Å². The van der Waals surface area contributed by atoms with E-state index in [1.165, 1.54) is 0 Å². The lowest BCUT2D eigenvalue weighted by molar-refractivity contribution is 0.107. The van der Waals surface area contributed by atoms with Crippen LogP contribution < -0.4 is 0 Å². The van der Waals surface area contributed by atoms with Crippen molar-refractivity contribution in [2.45, 2.75) is 0 Å². The van der Waals surface area contributed by atoms with E-state index in [1.807, 2.05) is 6.07 Å². The van der Waals surface area contributed by atoms with E-state index in [-0.39, 0.29) is 17.4 Å². The number of rotatable bonds is 1. The van der Waals surface area contributed by atoms with Crippen LogP contribution in [-0.4, -0.2) is 21.6 Å². The molecule has 2 aromatic carbocycles. The molecule has 3 aromatic rings. The van der Waals surface area contributed by atoms with Gasteiger partial charge in [0, 0.05) is 16.0 Å². The maximum Gasteiger partial charge on any atom is 0.214 e. The summed E-state index contributed by atoms with van der Waals surface area (Å²) >= 11 is 5.94. The fraction of sp³-hybridized carbons (Fsp3) is 0. The number of hydrogen-bond acceptors (Lipinski definition) is 3. The lowest BCUT2D eigenvalue weighted by Gasteiger charge is -1.99. The number of aliphatic imine (C=N–C) groups is 1. The quantitative estimate of drug-likeness (QED) is 0.716. The number of para-hydroxylation sites is 1. The fourth-order valence-electron chi connectivity index (χ4n) is 2.63. The molecule has 0 atom stereocenters. The van der Waals surface area contributed by atoms with Gasteiger partial charge >= 0.3 is 0 Å². The van der Waals surface area contributed by atoms with E-state index >= 15 is 0 Å². The van der Waals surface area contributed by atoms with Crippen molar-refractivity contribution in [3.63, 3.8) is 0 Å². The van der Waals surface area contributed by atoms with E-state index in [9.17, 15) is 9.90 Å². The second-order valence-electron chi connectivity index (χ2n) is 4.85. The van der Waals surface area contributed by atoms with E-state index in [1.54, 1.807) is 36.4 Å². The highest BCUT2D eigenvalue weighted by molar-refractivity contribution is 6.56. The molecule has 1 aliphatic heterocycles. The zero-order chi connectivity index (χ0) is 14.6. The van der Waals surface area contributed by atoms with Crippen molar-refractivity contribution in [1.82, 2.24) is 4.98 Å². The molecule has 2 N–H and O–H groups in total. The molecule has 1 aromatic heterocycles. The first-order chi connectivity index (χ1) is 10.1. The summed E-state index contributed by atoms with van der Waals surface area (Å²) in [7, 11) is 0. The van der Waals surface area contributed by atoms with Gasteiger partial charge < -0.3 is 10.1 Å². The Hall–Kier alpha value is -2.59. The highest BCUT2D eigenvalue weighted by Gasteiger charge is 2.29. The van der Waals surface area contributed by atoms with Crippen molar-refractivity contribution < 1.29 is 9.90 Å². The molecule has 0 saturated carbocycles. The van der Waals surface area contributed by atoms with Gasteiger partial charge in [-0.3, -0.25) is 4.79 Å². The number of nitrogens with one attached hydrogen (secondary N) is 1. The molecule has 0 radical (unpaired) electrons. The number of Topliss-reactive ketones (excluding diaryl/α,β-unsaturated/α-hetero) is 1. The van der Waals surface area contributed by atoms with Gasteiger partial charge in [-0.2, -0.15) is 0 Å². The third kappa shape index (κ3) is 1.69. The first-order valence-corrected chi connectivity index (χ1v) is 6.76. The fourth-order valence-corrected chi connectivity index (χ4v) is 2.80. The Morgan fingerprint density at radius 2 is 1.95 bits per heavy atom. The Kier molecular flexibility index (Phi) is 2.43. The Balaban J connectivity index is 1.97. The number of aromatic amines is 1. The number of aromatic hydroxyl groups is 1. The first kappa shape index (κ1) is 12.2. The lowest BCUT2D eigenvalue weighted by Crippen LogP contribution is -2.10. The molecule has 0 fully saturated rings. The Labute approximate surface area is 124 Å². The van der Waals surface area contributed by atoms with E-state index in [2.05, 4.69) is 9.98 Å². The Morgan fingerprint density at radius 1 is 1.14 bits per heavy atom. The molecule has 0 unspecified atom stereocenters. The van der Waals surface area contributed by atoms with Gasteiger partial charge in [-0.1, -0.05) is 29.8 Å². The van der Waals surface area contributed by atoms with Crippen molar-refractivity contribution in [2.24, 2.45) is 4.99 Å². The van der Waals surface area contributed by atoms with E-state index in [0.717, 1.165) is 5.39 Å². The van der Waals surface area contributed by atoms with Gasteiger partial charge in [-0.15, -0.1) is 0 Å². The number of carbonyl (C=O) groups excluding carboxylic acids is 1. The molecule has 0 amide bonds. The number of carbonyl (C=O) groups is 1.